The minimum Gasteiger partial charge on any atom is -0.360 e. The molecule has 1 aliphatic rings. The zero-order valence-electron chi connectivity index (χ0n) is 14.0. The van der Waals surface area contributed by atoms with Crippen LogP contribution in [0.5, 0.6) is 0 Å². The largest absolute Gasteiger partial charge is 0.360 e. The van der Waals surface area contributed by atoms with Crippen molar-refractivity contribution in [2.75, 3.05) is 7.05 Å². The summed E-state index contributed by atoms with van der Waals surface area (Å²) in [6, 6.07) is 10.5. The highest BCUT2D eigenvalue weighted by molar-refractivity contribution is 7.80. The summed E-state index contributed by atoms with van der Waals surface area (Å²) in [7, 11) is 1.85. The number of thiocarbonyl (C=S) groups is 1. The number of pyridine rings is 1. The fraction of sp³-hybridized carbons (Fsp3) is 0.389. The Hall–Kier alpha value is -2.21. The molecule has 3 rings (SSSR count). The van der Waals surface area contributed by atoms with E-state index in [1.54, 1.807) is 11.1 Å². The van der Waals surface area contributed by atoms with Crippen molar-refractivity contribution in [3.8, 4) is 0 Å². The molecule has 0 bridgehead atoms. The summed E-state index contributed by atoms with van der Waals surface area (Å²) < 4.78 is 0. The first-order valence-corrected chi connectivity index (χ1v) is 8.57. The predicted octanol–water partition coefficient (Wildman–Crippen LogP) is 2.21. The van der Waals surface area contributed by atoms with Crippen LogP contribution in [0.2, 0.25) is 0 Å². The molecule has 5 nitrogen and oxygen atoms in total. The van der Waals surface area contributed by atoms with Gasteiger partial charge >= 0.3 is 0 Å². The molecule has 1 aromatic carbocycles. The van der Waals surface area contributed by atoms with E-state index in [-0.39, 0.29) is 11.9 Å². The maximum Gasteiger partial charge on any atom is 0.224 e. The molecule has 0 aliphatic carbocycles. The first-order valence-electron chi connectivity index (χ1n) is 8.16. The van der Waals surface area contributed by atoms with E-state index in [4.69, 9.17) is 12.2 Å². The van der Waals surface area contributed by atoms with Gasteiger partial charge in [-0.3, -0.25) is 9.78 Å². The number of hydrogen-bond acceptors (Lipinski definition) is 3. The average Bonchev–Trinajstić information content (AvgIpc) is 2.53. The molecular formula is C18H22N4OS. The van der Waals surface area contributed by atoms with E-state index in [9.17, 15) is 4.79 Å². The van der Waals surface area contributed by atoms with E-state index in [1.165, 1.54) is 0 Å². The Morgan fingerprint density at radius 3 is 3.00 bits per heavy atom. The van der Waals surface area contributed by atoms with Crippen LogP contribution in [-0.4, -0.2) is 40.0 Å². The first-order chi connectivity index (χ1) is 11.5. The van der Waals surface area contributed by atoms with Crippen LogP contribution in [-0.2, 0) is 11.3 Å². The van der Waals surface area contributed by atoms with Gasteiger partial charge in [0.05, 0.1) is 5.52 Å². The number of aromatic nitrogens is 1. The molecule has 1 fully saturated rings. The van der Waals surface area contributed by atoms with Crippen molar-refractivity contribution in [3.05, 3.63) is 42.1 Å². The molecule has 1 aliphatic heterocycles. The third-order valence-electron chi connectivity index (χ3n) is 4.28. The molecule has 2 N–H and O–H groups in total. The first kappa shape index (κ1) is 16.6. The highest BCUT2D eigenvalue weighted by Gasteiger charge is 2.24. The van der Waals surface area contributed by atoms with Crippen molar-refractivity contribution < 1.29 is 4.79 Å². The van der Waals surface area contributed by atoms with Gasteiger partial charge in [0.2, 0.25) is 5.91 Å². The molecule has 1 aromatic heterocycles. The number of hydrogen-bond donors (Lipinski definition) is 2. The van der Waals surface area contributed by atoms with E-state index in [1.807, 2.05) is 31.3 Å². The molecule has 0 unspecified atom stereocenters. The Morgan fingerprint density at radius 2 is 2.21 bits per heavy atom. The number of carbonyl (C=O) groups is 1. The Balaban J connectivity index is 1.61. The number of fused-ring (bicyclic) bond motifs is 1. The summed E-state index contributed by atoms with van der Waals surface area (Å²) in [4.78, 5) is 18.6. The number of nitrogens with one attached hydrogen (secondary N) is 2. The quantitative estimate of drug-likeness (QED) is 0.835. The molecule has 6 heteroatoms. The smallest absolute Gasteiger partial charge is 0.224 e. The Labute approximate surface area is 147 Å². The average molecular weight is 342 g/mol. The minimum atomic E-state index is 0.101. The van der Waals surface area contributed by atoms with Crippen LogP contribution in [0.15, 0.2) is 36.5 Å². The van der Waals surface area contributed by atoms with E-state index >= 15 is 0 Å². The van der Waals surface area contributed by atoms with Crippen molar-refractivity contribution in [2.24, 2.45) is 0 Å². The van der Waals surface area contributed by atoms with Gasteiger partial charge in [-0.2, -0.15) is 0 Å². The molecule has 0 saturated carbocycles. The maximum atomic E-state index is 12.5. The standard InChI is InChI=1S/C18H22N4OS/c1-12-8-15(21-18(24)20-12)10-17(23)22(2)11-13-5-6-16-14(9-13)4-3-7-19-16/h3-7,9,12,15H,8,10-11H2,1-2H3,(H2,20,21,24)/t12-,15+/m1/s1. The highest BCUT2D eigenvalue weighted by Crippen LogP contribution is 2.15. The van der Waals surface area contributed by atoms with Crippen molar-refractivity contribution >= 4 is 34.1 Å². The number of rotatable bonds is 4. The van der Waals surface area contributed by atoms with Gasteiger partial charge in [0, 0.05) is 43.7 Å². The molecule has 2 aromatic rings. The van der Waals surface area contributed by atoms with Gasteiger partial charge in [-0.1, -0.05) is 12.1 Å². The van der Waals surface area contributed by atoms with E-state index in [0.717, 1.165) is 22.9 Å². The monoisotopic (exact) mass is 342 g/mol. The third-order valence-corrected chi connectivity index (χ3v) is 4.52. The summed E-state index contributed by atoms with van der Waals surface area (Å²) in [5, 5.41) is 8.07. The maximum absolute atomic E-state index is 12.5. The number of amides is 1. The Kier molecular flexibility index (Phi) is 4.94. The third kappa shape index (κ3) is 4.00. The van der Waals surface area contributed by atoms with Gasteiger partial charge in [-0.15, -0.1) is 0 Å². The van der Waals surface area contributed by atoms with Gasteiger partial charge in [-0.25, -0.2) is 0 Å². The lowest BCUT2D eigenvalue weighted by Crippen LogP contribution is -2.54. The summed E-state index contributed by atoms with van der Waals surface area (Å²) >= 11 is 5.18. The fourth-order valence-corrected chi connectivity index (χ4v) is 3.45. The zero-order chi connectivity index (χ0) is 17.1. The van der Waals surface area contributed by atoms with Gasteiger partial charge in [0.25, 0.3) is 0 Å². The summed E-state index contributed by atoms with van der Waals surface area (Å²) in [6.45, 7) is 2.67. The van der Waals surface area contributed by atoms with Gasteiger partial charge < -0.3 is 15.5 Å². The predicted molar refractivity (Wildman–Crippen MR) is 99.6 cm³/mol. The SMILES string of the molecule is C[C@@H]1C[C@@H](CC(=O)N(C)Cc2ccc3ncccc3c2)NC(=S)N1. The van der Waals surface area contributed by atoms with Crippen molar-refractivity contribution in [2.45, 2.75) is 38.4 Å². The number of nitrogens with zero attached hydrogens (tertiary/aromatic N) is 2. The highest BCUT2D eigenvalue weighted by atomic mass is 32.1. The van der Waals surface area contributed by atoms with Crippen molar-refractivity contribution in [3.63, 3.8) is 0 Å². The summed E-state index contributed by atoms with van der Waals surface area (Å²) in [5.41, 5.74) is 2.07. The number of benzene rings is 1. The van der Waals surface area contributed by atoms with Crippen LogP contribution < -0.4 is 10.6 Å². The molecule has 0 radical (unpaired) electrons. The Bertz CT molecular complexity index is 764. The lowest BCUT2D eigenvalue weighted by atomic mass is 10.0. The molecule has 2 atom stereocenters. The van der Waals surface area contributed by atoms with Crippen LogP contribution in [0.3, 0.4) is 0 Å². The van der Waals surface area contributed by atoms with E-state index in [0.29, 0.717) is 24.1 Å². The fourth-order valence-electron chi connectivity index (χ4n) is 3.08. The Morgan fingerprint density at radius 1 is 1.38 bits per heavy atom. The lowest BCUT2D eigenvalue weighted by Gasteiger charge is -2.31. The van der Waals surface area contributed by atoms with Crippen LogP contribution >= 0.6 is 12.2 Å². The normalized spacial score (nSPS) is 20.3. The minimum absolute atomic E-state index is 0.101. The second kappa shape index (κ2) is 7.13. The van der Waals surface area contributed by atoms with Crippen molar-refractivity contribution in [1.82, 2.24) is 20.5 Å². The topological polar surface area (TPSA) is 57.3 Å². The number of carbonyl (C=O) groups excluding carboxylic acids is 1. The van der Waals surface area contributed by atoms with E-state index < -0.39 is 0 Å². The zero-order valence-corrected chi connectivity index (χ0v) is 14.8. The molecule has 1 amide bonds. The summed E-state index contributed by atoms with van der Waals surface area (Å²) in [6.07, 6.45) is 3.13. The van der Waals surface area contributed by atoms with Gasteiger partial charge in [-0.05, 0) is 49.3 Å². The van der Waals surface area contributed by atoms with E-state index in [2.05, 4.69) is 28.6 Å². The van der Waals surface area contributed by atoms with Crippen LogP contribution in [0, 0.1) is 0 Å². The van der Waals surface area contributed by atoms with Crippen LogP contribution in [0.4, 0.5) is 0 Å². The molecule has 0 spiro atoms. The lowest BCUT2D eigenvalue weighted by molar-refractivity contribution is -0.131. The van der Waals surface area contributed by atoms with Crippen LogP contribution in [0.25, 0.3) is 10.9 Å². The molecule has 24 heavy (non-hydrogen) atoms. The summed E-state index contributed by atoms with van der Waals surface area (Å²) in [5.74, 6) is 0.121. The molecular weight excluding hydrogens is 320 g/mol. The molecule has 2 heterocycles. The van der Waals surface area contributed by atoms with Crippen LogP contribution in [0.1, 0.15) is 25.3 Å². The van der Waals surface area contributed by atoms with Crippen molar-refractivity contribution in [1.29, 1.82) is 0 Å². The van der Waals surface area contributed by atoms with Gasteiger partial charge in [0.1, 0.15) is 0 Å². The molecule has 1 saturated heterocycles. The second-order valence-electron chi connectivity index (χ2n) is 6.44. The second-order valence-corrected chi connectivity index (χ2v) is 6.84. The molecule has 126 valence electrons. The van der Waals surface area contributed by atoms with Gasteiger partial charge in [0.15, 0.2) is 5.11 Å².